The van der Waals surface area contributed by atoms with E-state index in [0.717, 1.165) is 0 Å². The van der Waals surface area contributed by atoms with Crippen LogP contribution in [0.1, 0.15) is 51.7 Å². The molecule has 2 rings (SSSR count). The Morgan fingerprint density at radius 3 is 2.19 bits per heavy atom. The predicted molar refractivity (Wildman–Crippen MR) is 105 cm³/mol. The number of Topliss-reactive ketones (excluding diaryl/α,β-unsaturated/α-hetero) is 1. The maximum atomic E-state index is 13.0. The Morgan fingerprint density at radius 2 is 1.69 bits per heavy atom. The first-order valence-electron chi connectivity index (χ1n) is 8.21. The molecular weight excluding hydrogens is 397 g/mol. The van der Waals surface area contributed by atoms with Gasteiger partial charge in [0.2, 0.25) is 11.6 Å². The van der Waals surface area contributed by atoms with E-state index >= 15 is 0 Å². The number of aromatic nitrogens is 2. The molecule has 0 radical (unpaired) electrons. The van der Waals surface area contributed by atoms with Gasteiger partial charge in [-0.15, -0.1) is 0 Å². The van der Waals surface area contributed by atoms with Gasteiger partial charge in [0.05, 0.1) is 21.3 Å². The van der Waals surface area contributed by atoms with Gasteiger partial charge in [-0.05, 0) is 39.8 Å². The van der Waals surface area contributed by atoms with Gasteiger partial charge in [-0.2, -0.15) is 0 Å². The van der Waals surface area contributed by atoms with E-state index in [1.54, 1.807) is 36.9 Å². The SMILES string of the molecule is CCN(CC)C(=O)c1nc(C)c(C)n1C(Cl)C(=O)c1c(Cl)cccc1Cl. The van der Waals surface area contributed by atoms with Crippen molar-refractivity contribution < 1.29 is 9.59 Å². The fourth-order valence-electron chi connectivity index (χ4n) is 2.68. The molecule has 140 valence electrons. The number of nitrogens with zero attached hydrogens (tertiary/aromatic N) is 3. The first kappa shape index (κ1) is 20.7. The lowest BCUT2D eigenvalue weighted by Gasteiger charge is -2.21. The summed E-state index contributed by atoms with van der Waals surface area (Å²) in [5.41, 5.74) is 0.201. The second-order valence-electron chi connectivity index (χ2n) is 5.75. The molecule has 0 fully saturated rings. The van der Waals surface area contributed by atoms with E-state index in [2.05, 4.69) is 4.98 Å². The summed E-state index contributed by atoms with van der Waals surface area (Å²) >= 11 is 18.7. The van der Waals surface area contributed by atoms with Gasteiger partial charge < -0.3 is 4.90 Å². The molecule has 0 saturated carbocycles. The van der Waals surface area contributed by atoms with Crippen molar-refractivity contribution in [3.05, 3.63) is 51.0 Å². The van der Waals surface area contributed by atoms with E-state index < -0.39 is 11.3 Å². The summed E-state index contributed by atoms with van der Waals surface area (Å²) in [6.45, 7) is 8.33. The molecule has 0 aliphatic rings. The molecule has 1 heterocycles. The fourth-order valence-corrected chi connectivity index (χ4v) is 3.61. The third-order valence-corrected chi connectivity index (χ3v) is 5.30. The summed E-state index contributed by atoms with van der Waals surface area (Å²) in [5.74, 6) is -0.647. The van der Waals surface area contributed by atoms with E-state index in [1.165, 1.54) is 4.57 Å². The molecular formula is C18H20Cl3N3O2. The van der Waals surface area contributed by atoms with Crippen molar-refractivity contribution in [3.8, 4) is 0 Å². The maximum Gasteiger partial charge on any atom is 0.289 e. The number of carbonyl (C=O) groups excluding carboxylic acids is 2. The van der Waals surface area contributed by atoms with Crippen LogP contribution >= 0.6 is 34.8 Å². The van der Waals surface area contributed by atoms with Crippen molar-refractivity contribution in [1.82, 2.24) is 14.5 Å². The van der Waals surface area contributed by atoms with E-state index in [1.807, 2.05) is 13.8 Å². The van der Waals surface area contributed by atoms with Crippen molar-refractivity contribution in [1.29, 1.82) is 0 Å². The molecule has 1 aromatic heterocycles. The zero-order chi connectivity index (χ0) is 19.6. The minimum absolute atomic E-state index is 0.125. The van der Waals surface area contributed by atoms with Crippen molar-refractivity contribution in [3.63, 3.8) is 0 Å². The zero-order valence-electron chi connectivity index (χ0n) is 15.0. The van der Waals surface area contributed by atoms with E-state index in [4.69, 9.17) is 34.8 Å². The number of amides is 1. The molecule has 5 nitrogen and oxygen atoms in total. The lowest BCUT2D eigenvalue weighted by Crippen LogP contribution is -2.34. The van der Waals surface area contributed by atoms with Crippen LogP contribution in [0.3, 0.4) is 0 Å². The Hall–Kier alpha value is -1.56. The molecule has 26 heavy (non-hydrogen) atoms. The summed E-state index contributed by atoms with van der Waals surface area (Å²) in [6, 6.07) is 4.78. The number of hydrogen-bond acceptors (Lipinski definition) is 3. The normalized spacial score (nSPS) is 12.1. The average Bonchev–Trinajstić information content (AvgIpc) is 2.90. The number of carbonyl (C=O) groups is 2. The van der Waals surface area contributed by atoms with Crippen LogP contribution in [-0.2, 0) is 0 Å². The van der Waals surface area contributed by atoms with Gasteiger partial charge in [-0.1, -0.05) is 40.9 Å². The van der Waals surface area contributed by atoms with Crippen LogP contribution in [0, 0.1) is 13.8 Å². The lowest BCUT2D eigenvalue weighted by atomic mass is 10.1. The molecule has 1 aromatic carbocycles. The van der Waals surface area contributed by atoms with Crippen LogP contribution in [0.2, 0.25) is 10.0 Å². The monoisotopic (exact) mass is 415 g/mol. The van der Waals surface area contributed by atoms with Gasteiger partial charge in [0.15, 0.2) is 5.50 Å². The van der Waals surface area contributed by atoms with E-state index in [9.17, 15) is 9.59 Å². The molecule has 0 spiro atoms. The summed E-state index contributed by atoms with van der Waals surface area (Å²) in [7, 11) is 0. The largest absolute Gasteiger partial charge is 0.337 e. The fraction of sp³-hybridized carbons (Fsp3) is 0.389. The Balaban J connectivity index is 2.54. The summed E-state index contributed by atoms with van der Waals surface area (Å²) < 4.78 is 1.44. The highest BCUT2D eigenvalue weighted by Gasteiger charge is 2.31. The van der Waals surface area contributed by atoms with Crippen LogP contribution in [0.5, 0.6) is 0 Å². The number of rotatable bonds is 6. The Labute approximate surface area is 167 Å². The highest BCUT2D eigenvalue weighted by Crippen LogP contribution is 2.32. The van der Waals surface area contributed by atoms with E-state index in [-0.39, 0.29) is 27.3 Å². The van der Waals surface area contributed by atoms with Crippen LogP contribution in [0.25, 0.3) is 0 Å². The number of imidazole rings is 1. The average molecular weight is 417 g/mol. The lowest BCUT2D eigenvalue weighted by molar-refractivity contribution is 0.0754. The molecule has 0 saturated heterocycles. The third-order valence-electron chi connectivity index (χ3n) is 4.28. The highest BCUT2D eigenvalue weighted by atomic mass is 35.5. The van der Waals surface area contributed by atoms with Gasteiger partial charge in [0, 0.05) is 18.8 Å². The standard InChI is InChI=1S/C18H20Cl3N3O2/c1-5-23(6-2)18(26)17-22-10(3)11(4)24(17)16(21)15(25)14-12(19)8-7-9-13(14)20/h7-9,16H,5-6H2,1-4H3. The molecule has 0 bridgehead atoms. The topological polar surface area (TPSA) is 55.2 Å². The second kappa shape index (κ2) is 8.42. The number of hydrogen-bond donors (Lipinski definition) is 0. The number of halogens is 3. The summed E-state index contributed by atoms with van der Waals surface area (Å²) in [4.78, 5) is 31.7. The number of alkyl halides is 1. The molecule has 0 aliphatic carbocycles. The quantitative estimate of drug-likeness (QED) is 0.496. The molecule has 2 aromatic rings. The first-order valence-corrected chi connectivity index (χ1v) is 9.40. The van der Waals surface area contributed by atoms with Gasteiger partial charge in [-0.3, -0.25) is 14.2 Å². The Morgan fingerprint density at radius 1 is 1.15 bits per heavy atom. The van der Waals surface area contributed by atoms with Gasteiger partial charge in [0.1, 0.15) is 0 Å². The smallest absolute Gasteiger partial charge is 0.289 e. The molecule has 0 N–H and O–H groups in total. The second-order valence-corrected chi connectivity index (χ2v) is 6.98. The third kappa shape index (κ3) is 3.75. The number of aryl methyl sites for hydroxylation is 1. The molecule has 1 atom stereocenters. The highest BCUT2D eigenvalue weighted by molar-refractivity contribution is 6.42. The van der Waals surface area contributed by atoms with Crippen molar-refractivity contribution >= 4 is 46.5 Å². The Kier molecular flexibility index (Phi) is 6.72. The van der Waals surface area contributed by atoms with Crippen molar-refractivity contribution in [2.24, 2.45) is 0 Å². The van der Waals surface area contributed by atoms with E-state index in [0.29, 0.717) is 24.5 Å². The first-order chi connectivity index (χ1) is 12.2. The van der Waals surface area contributed by atoms with Crippen LogP contribution in [-0.4, -0.2) is 39.2 Å². The maximum absolute atomic E-state index is 13.0. The minimum atomic E-state index is -1.19. The van der Waals surface area contributed by atoms with Gasteiger partial charge >= 0.3 is 0 Å². The zero-order valence-corrected chi connectivity index (χ0v) is 17.3. The molecule has 1 amide bonds. The number of ketones is 1. The van der Waals surface area contributed by atoms with Crippen molar-refractivity contribution in [2.45, 2.75) is 33.2 Å². The summed E-state index contributed by atoms with van der Waals surface area (Å²) in [6.07, 6.45) is 0. The van der Waals surface area contributed by atoms with Gasteiger partial charge in [0.25, 0.3) is 5.91 Å². The Bertz CT molecular complexity index is 824. The van der Waals surface area contributed by atoms with Gasteiger partial charge in [-0.25, -0.2) is 4.98 Å². The van der Waals surface area contributed by atoms with Crippen LogP contribution in [0.4, 0.5) is 0 Å². The molecule has 1 unspecified atom stereocenters. The number of benzene rings is 1. The minimum Gasteiger partial charge on any atom is -0.337 e. The van der Waals surface area contributed by atoms with Crippen molar-refractivity contribution in [2.75, 3.05) is 13.1 Å². The molecule has 0 aliphatic heterocycles. The predicted octanol–water partition coefficient (Wildman–Crippen LogP) is 4.91. The molecule has 8 heteroatoms. The summed E-state index contributed by atoms with van der Waals surface area (Å²) in [5, 5.41) is 0.415. The van der Waals surface area contributed by atoms with Crippen LogP contribution in [0.15, 0.2) is 18.2 Å². The van der Waals surface area contributed by atoms with Crippen LogP contribution < -0.4 is 0 Å².